The van der Waals surface area contributed by atoms with Crippen LogP contribution in [0.2, 0.25) is 0 Å². The quantitative estimate of drug-likeness (QED) is 0.664. The number of anilines is 1. The highest BCUT2D eigenvalue weighted by molar-refractivity contribution is 5.88. The van der Waals surface area contributed by atoms with Gasteiger partial charge in [0, 0.05) is 25.2 Å². The van der Waals surface area contributed by atoms with Crippen molar-refractivity contribution in [2.75, 3.05) is 25.5 Å². The van der Waals surface area contributed by atoms with Crippen LogP contribution >= 0.6 is 0 Å². The van der Waals surface area contributed by atoms with E-state index in [1.165, 1.54) is 6.92 Å². The van der Waals surface area contributed by atoms with Crippen molar-refractivity contribution < 1.29 is 19.8 Å². The van der Waals surface area contributed by atoms with Gasteiger partial charge in [0.2, 0.25) is 5.91 Å². The van der Waals surface area contributed by atoms with Crippen LogP contribution < -0.4 is 5.32 Å². The summed E-state index contributed by atoms with van der Waals surface area (Å²) in [7, 11) is 1.80. The Bertz CT molecular complexity index is 473. The maximum atomic E-state index is 11.0. The molecule has 1 atom stereocenters. The summed E-state index contributed by atoms with van der Waals surface area (Å²) in [5, 5.41) is 20.6. The minimum Gasteiger partial charge on any atom is -0.481 e. The fraction of sp³-hybridized carbons (Fsp3) is 0.467. The number of carboxylic acid groups (broad SMARTS) is 1. The first-order valence-corrected chi connectivity index (χ1v) is 6.81. The minimum atomic E-state index is -0.861. The van der Waals surface area contributed by atoms with Gasteiger partial charge in [0.15, 0.2) is 0 Å². The largest absolute Gasteiger partial charge is 0.481 e. The van der Waals surface area contributed by atoms with Crippen molar-refractivity contribution >= 4 is 17.6 Å². The Kier molecular flexibility index (Phi) is 6.84. The molecule has 0 fully saturated rings. The molecule has 3 N–H and O–H groups in total. The average molecular weight is 294 g/mol. The van der Waals surface area contributed by atoms with E-state index < -0.39 is 5.97 Å². The topological polar surface area (TPSA) is 89.9 Å². The Morgan fingerprint density at radius 1 is 1.29 bits per heavy atom. The molecule has 6 heteroatoms. The minimum absolute atomic E-state index is 0.00586. The van der Waals surface area contributed by atoms with Gasteiger partial charge in [-0.05, 0) is 31.2 Å². The molecule has 1 rings (SSSR count). The van der Waals surface area contributed by atoms with Gasteiger partial charge >= 0.3 is 5.97 Å². The molecule has 0 aliphatic carbocycles. The number of nitrogens with one attached hydrogen (secondary N) is 1. The number of hydrogen-bond donors (Lipinski definition) is 3. The lowest BCUT2D eigenvalue weighted by molar-refractivity contribution is -0.138. The normalized spacial score (nSPS) is 12.2. The van der Waals surface area contributed by atoms with Crippen LogP contribution in [0.3, 0.4) is 0 Å². The lowest BCUT2D eigenvalue weighted by atomic mass is 10.0. The predicted octanol–water partition coefficient (Wildman–Crippen LogP) is 0.955. The molecular weight excluding hydrogens is 272 g/mol. The number of amides is 1. The number of aliphatic hydroxyl groups excluding tert-OH is 1. The van der Waals surface area contributed by atoms with Crippen LogP contribution in [0.15, 0.2) is 24.3 Å². The number of carbonyl (C=O) groups excluding carboxylic acids is 1. The lowest BCUT2D eigenvalue weighted by Gasteiger charge is -2.26. The van der Waals surface area contributed by atoms with Crippen molar-refractivity contribution in [3.8, 4) is 0 Å². The molecule has 6 nitrogen and oxygen atoms in total. The van der Waals surface area contributed by atoms with Crippen LogP contribution in [-0.4, -0.2) is 53.2 Å². The fourth-order valence-electron chi connectivity index (χ4n) is 2.13. The summed E-state index contributed by atoms with van der Waals surface area (Å²) in [4.78, 5) is 23.7. The van der Waals surface area contributed by atoms with E-state index in [9.17, 15) is 9.59 Å². The second-order valence-electron chi connectivity index (χ2n) is 5.04. The molecule has 1 amide bonds. The molecule has 0 aliphatic heterocycles. The van der Waals surface area contributed by atoms with Crippen molar-refractivity contribution in [1.29, 1.82) is 0 Å². The van der Waals surface area contributed by atoms with E-state index in [1.807, 2.05) is 17.0 Å². The number of rotatable bonds is 8. The third kappa shape index (κ3) is 6.37. The second kappa shape index (κ2) is 8.39. The number of nitrogens with zero attached hydrogens (tertiary/aromatic N) is 1. The van der Waals surface area contributed by atoms with Crippen molar-refractivity contribution in [2.45, 2.75) is 25.8 Å². The summed E-state index contributed by atoms with van der Waals surface area (Å²) in [6.45, 7) is 1.87. The Morgan fingerprint density at radius 2 is 1.90 bits per heavy atom. The first-order chi connectivity index (χ1) is 9.92. The maximum Gasteiger partial charge on any atom is 0.304 e. The molecule has 0 spiro atoms. The monoisotopic (exact) mass is 294 g/mol. The number of aliphatic carboxylic acids is 1. The molecule has 0 bridgehead atoms. The molecular formula is C15H22N2O4. The zero-order valence-electron chi connectivity index (χ0n) is 12.4. The summed E-state index contributed by atoms with van der Waals surface area (Å²) in [5.41, 5.74) is 1.70. The molecule has 1 aromatic carbocycles. The van der Waals surface area contributed by atoms with Crippen LogP contribution in [0.4, 0.5) is 5.69 Å². The zero-order chi connectivity index (χ0) is 15.8. The van der Waals surface area contributed by atoms with E-state index in [0.717, 1.165) is 5.56 Å². The molecule has 0 saturated heterocycles. The molecule has 0 heterocycles. The van der Waals surface area contributed by atoms with Crippen molar-refractivity contribution in [3.63, 3.8) is 0 Å². The highest BCUT2D eigenvalue weighted by Crippen LogP contribution is 2.14. The van der Waals surface area contributed by atoms with Crippen molar-refractivity contribution in [1.82, 2.24) is 4.90 Å². The van der Waals surface area contributed by atoms with Crippen LogP contribution in [-0.2, 0) is 16.0 Å². The molecule has 0 aliphatic rings. The standard InChI is InChI=1S/C15H22N2O4/c1-11(19)16-13-5-3-12(4-6-13)9-14(10-15(20)21)17(2)7-8-18/h3-6,14,18H,7-10H2,1-2H3,(H,16,19)(H,20,21). The Morgan fingerprint density at radius 3 is 2.38 bits per heavy atom. The predicted molar refractivity (Wildman–Crippen MR) is 80.2 cm³/mol. The van der Waals surface area contributed by atoms with Gasteiger partial charge in [-0.25, -0.2) is 0 Å². The van der Waals surface area contributed by atoms with Gasteiger partial charge in [-0.3, -0.25) is 9.59 Å². The van der Waals surface area contributed by atoms with E-state index in [1.54, 1.807) is 19.2 Å². The van der Waals surface area contributed by atoms with Gasteiger partial charge in [0.1, 0.15) is 0 Å². The maximum absolute atomic E-state index is 11.0. The van der Waals surface area contributed by atoms with E-state index in [2.05, 4.69) is 5.32 Å². The summed E-state index contributed by atoms with van der Waals surface area (Å²) in [6, 6.07) is 7.14. The van der Waals surface area contributed by atoms with Crippen molar-refractivity contribution in [2.24, 2.45) is 0 Å². The molecule has 1 aromatic rings. The molecule has 0 aromatic heterocycles. The molecule has 21 heavy (non-hydrogen) atoms. The summed E-state index contributed by atoms with van der Waals surface area (Å²) in [6.07, 6.45) is 0.590. The Hall–Kier alpha value is -1.92. The van der Waals surface area contributed by atoms with Gasteiger partial charge in [0.05, 0.1) is 13.0 Å². The second-order valence-corrected chi connectivity index (χ2v) is 5.04. The third-order valence-electron chi connectivity index (χ3n) is 3.23. The number of aliphatic hydroxyl groups is 1. The van der Waals surface area contributed by atoms with Gasteiger partial charge < -0.3 is 20.4 Å². The molecule has 0 saturated carbocycles. The van der Waals surface area contributed by atoms with Crippen LogP contribution in [0.1, 0.15) is 18.9 Å². The van der Waals surface area contributed by atoms with Gasteiger partial charge in [0.25, 0.3) is 0 Å². The Labute approximate surface area is 124 Å². The van der Waals surface area contributed by atoms with Crippen LogP contribution in [0.5, 0.6) is 0 Å². The summed E-state index contributed by atoms with van der Waals surface area (Å²) in [5.74, 6) is -0.992. The first-order valence-electron chi connectivity index (χ1n) is 6.81. The van der Waals surface area contributed by atoms with Crippen LogP contribution in [0.25, 0.3) is 0 Å². The number of benzene rings is 1. The van der Waals surface area contributed by atoms with E-state index >= 15 is 0 Å². The lowest BCUT2D eigenvalue weighted by Crippen LogP contribution is -2.37. The van der Waals surface area contributed by atoms with Gasteiger partial charge in [-0.1, -0.05) is 12.1 Å². The average Bonchev–Trinajstić information content (AvgIpc) is 2.39. The number of carboxylic acids is 1. The fourth-order valence-corrected chi connectivity index (χ4v) is 2.13. The summed E-state index contributed by atoms with van der Waals surface area (Å²) >= 11 is 0. The molecule has 1 unspecified atom stereocenters. The highest BCUT2D eigenvalue weighted by Gasteiger charge is 2.18. The van der Waals surface area contributed by atoms with E-state index in [0.29, 0.717) is 18.7 Å². The molecule has 0 radical (unpaired) electrons. The van der Waals surface area contributed by atoms with E-state index in [-0.39, 0.29) is 25.0 Å². The first kappa shape index (κ1) is 17.1. The van der Waals surface area contributed by atoms with Crippen LogP contribution in [0, 0.1) is 0 Å². The molecule has 116 valence electrons. The Balaban J connectivity index is 2.73. The highest BCUT2D eigenvalue weighted by atomic mass is 16.4. The zero-order valence-corrected chi connectivity index (χ0v) is 12.4. The number of hydrogen-bond acceptors (Lipinski definition) is 4. The van der Waals surface area contributed by atoms with Gasteiger partial charge in [-0.15, -0.1) is 0 Å². The summed E-state index contributed by atoms with van der Waals surface area (Å²) < 4.78 is 0. The third-order valence-corrected chi connectivity index (χ3v) is 3.23. The number of carbonyl (C=O) groups is 2. The smallest absolute Gasteiger partial charge is 0.304 e. The van der Waals surface area contributed by atoms with Gasteiger partial charge in [-0.2, -0.15) is 0 Å². The van der Waals surface area contributed by atoms with Crippen molar-refractivity contribution in [3.05, 3.63) is 29.8 Å². The SMILES string of the molecule is CC(=O)Nc1ccc(CC(CC(=O)O)N(C)CCO)cc1. The van der Waals surface area contributed by atoms with E-state index in [4.69, 9.17) is 10.2 Å². The number of likely N-dealkylation sites (N-methyl/N-ethyl adjacent to an activating group) is 1.